The number of hydrogen-bond donors (Lipinski definition) is 1. The van der Waals surface area contributed by atoms with E-state index in [-0.39, 0.29) is 11.8 Å². The molecule has 0 saturated heterocycles. The first-order chi connectivity index (χ1) is 15.1. The Bertz CT molecular complexity index is 1240. The van der Waals surface area contributed by atoms with Crippen LogP contribution in [0.1, 0.15) is 40.2 Å². The number of fused-ring (bicyclic) bond motifs is 1. The SMILES string of the molecule is Cc1ccc(Cn2cc([C@H]3C[C@@H]3C(=O)NCc3cccc(C)c3)c3ccccc32)cc1. The zero-order valence-electron chi connectivity index (χ0n) is 18.1. The van der Waals surface area contributed by atoms with Crippen LogP contribution in [0.3, 0.4) is 0 Å². The van der Waals surface area contributed by atoms with Crippen molar-refractivity contribution in [2.75, 3.05) is 0 Å². The first-order valence-corrected chi connectivity index (χ1v) is 11.0. The van der Waals surface area contributed by atoms with Gasteiger partial charge in [0, 0.05) is 36.1 Å². The molecule has 0 radical (unpaired) electrons. The third kappa shape index (κ3) is 4.13. The van der Waals surface area contributed by atoms with Gasteiger partial charge in [-0.1, -0.05) is 77.9 Å². The molecule has 1 aliphatic rings. The van der Waals surface area contributed by atoms with Gasteiger partial charge in [-0.25, -0.2) is 0 Å². The van der Waals surface area contributed by atoms with E-state index < -0.39 is 0 Å². The topological polar surface area (TPSA) is 34.0 Å². The molecule has 1 heterocycles. The fourth-order valence-corrected chi connectivity index (χ4v) is 4.56. The molecule has 31 heavy (non-hydrogen) atoms. The number of carbonyl (C=O) groups is 1. The van der Waals surface area contributed by atoms with Crippen LogP contribution in [0.4, 0.5) is 0 Å². The Morgan fingerprint density at radius 3 is 2.55 bits per heavy atom. The molecule has 0 aliphatic heterocycles. The largest absolute Gasteiger partial charge is 0.352 e. The van der Waals surface area contributed by atoms with Crippen molar-refractivity contribution in [3.05, 3.63) is 107 Å². The molecule has 0 spiro atoms. The highest BCUT2D eigenvalue weighted by Gasteiger charge is 2.45. The number of nitrogens with zero attached hydrogens (tertiary/aromatic N) is 1. The Balaban J connectivity index is 1.32. The van der Waals surface area contributed by atoms with Crippen LogP contribution in [-0.4, -0.2) is 10.5 Å². The summed E-state index contributed by atoms with van der Waals surface area (Å²) >= 11 is 0. The lowest BCUT2D eigenvalue weighted by molar-refractivity contribution is -0.122. The molecule has 1 N–H and O–H groups in total. The molecule has 1 amide bonds. The van der Waals surface area contributed by atoms with E-state index in [9.17, 15) is 4.79 Å². The van der Waals surface area contributed by atoms with Crippen LogP contribution in [0.15, 0.2) is 79.0 Å². The normalized spacial score (nSPS) is 17.6. The Morgan fingerprint density at radius 1 is 0.935 bits per heavy atom. The maximum atomic E-state index is 12.8. The van der Waals surface area contributed by atoms with Gasteiger partial charge in [0.05, 0.1) is 0 Å². The van der Waals surface area contributed by atoms with E-state index in [0.29, 0.717) is 12.5 Å². The van der Waals surface area contributed by atoms with Gasteiger partial charge in [-0.05, 0) is 48.9 Å². The van der Waals surface area contributed by atoms with E-state index in [0.717, 1.165) is 18.5 Å². The second-order valence-electron chi connectivity index (χ2n) is 8.87. The fourth-order valence-electron chi connectivity index (χ4n) is 4.56. The molecule has 3 nitrogen and oxygen atoms in total. The fraction of sp³-hybridized carbons (Fsp3) is 0.250. The van der Waals surface area contributed by atoms with Gasteiger partial charge in [-0.2, -0.15) is 0 Å². The summed E-state index contributed by atoms with van der Waals surface area (Å²) in [5.41, 5.74) is 7.49. The van der Waals surface area contributed by atoms with Crippen LogP contribution in [0.5, 0.6) is 0 Å². The predicted molar refractivity (Wildman–Crippen MR) is 126 cm³/mol. The summed E-state index contributed by atoms with van der Waals surface area (Å²) in [5, 5.41) is 4.41. The van der Waals surface area contributed by atoms with Gasteiger partial charge in [0.2, 0.25) is 5.91 Å². The average molecular weight is 409 g/mol. The van der Waals surface area contributed by atoms with E-state index in [1.165, 1.54) is 33.2 Å². The lowest BCUT2D eigenvalue weighted by Gasteiger charge is -2.06. The predicted octanol–water partition coefficient (Wildman–Crippen LogP) is 5.73. The second-order valence-corrected chi connectivity index (χ2v) is 8.87. The Labute approximate surface area is 183 Å². The number of para-hydroxylation sites is 1. The molecule has 5 rings (SSSR count). The van der Waals surface area contributed by atoms with Crippen LogP contribution < -0.4 is 5.32 Å². The lowest BCUT2D eigenvalue weighted by atomic mass is 10.1. The van der Waals surface area contributed by atoms with Crippen molar-refractivity contribution in [3.8, 4) is 0 Å². The van der Waals surface area contributed by atoms with Crippen LogP contribution in [0.25, 0.3) is 10.9 Å². The molecular formula is C28H28N2O. The lowest BCUT2D eigenvalue weighted by Crippen LogP contribution is -2.24. The minimum Gasteiger partial charge on any atom is -0.352 e. The molecular weight excluding hydrogens is 380 g/mol. The number of aromatic nitrogens is 1. The van der Waals surface area contributed by atoms with Gasteiger partial charge >= 0.3 is 0 Å². The summed E-state index contributed by atoms with van der Waals surface area (Å²) in [5.74, 6) is 0.548. The van der Waals surface area contributed by atoms with E-state index >= 15 is 0 Å². The van der Waals surface area contributed by atoms with Crippen molar-refractivity contribution in [2.45, 2.75) is 39.3 Å². The van der Waals surface area contributed by atoms with Crippen molar-refractivity contribution in [1.82, 2.24) is 9.88 Å². The van der Waals surface area contributed by atoms with Crippen LogP contribution in [-0.2, 0) is 17.9 Å². The molecule has 156 valence electrons. The molecule has 1 aliphatic carbocycles. The van der Waals surface area contributed by atoms with Crippen molar-refractivity contribution in [2.24, 2.45) is 5.92 Å². The maximum Gasteiger partial charge on any atom is 0.224 e. The zero-order chi connectivity index (χ0) is 21.4. The van der Waals surface area contributed by atoms with Gasteiger partial charge in [0.25, 0.3) is 0 Å². The van der Waals surface area contributed by atoms with Crippen LogP contribution in [0.2, 0.25) is 0 Å². The summed E-state index contributed by atoms with van der Waals surface area (Å²) in [7, 11) is 0. The molecule has 0 bridgehead atoms. The second kappa shape index (κ2) is 8.07. The number of carbonyl (C=O) groups excluding carboxylic acids is 1. The first kappa shape index (κ1) is 19.6. The quantitative estimate of drug-likeness (QED) is 0.435. The van der Waals surface area contributed by atoms with E-state index in [2.05, 4.69) is 96.7 Å². The Kier molecular flexibility index (Phi) is 5.11. The van der Waals surface area contributed by atoms with E-state index in [4.69, 9.17) is 0 Å². The summed E-state index contributed by atoms with van der Waals surface area (Å²) in [6.45, 7) is 5.63. The van der Waals surface area contributed by atoms with Crippen LogP contribution >= 0.6 is 0 Å². The molecule has 3 aromatic carbocycles. The van der Waals surface area contributed by atoms with Crippen molar-refractivity contribution in [1.29, 1.82) is 0 Å². The molecule has 3 heteroatoms. The minimum absolute atomic E-state index is 0.0726. The zero-order valence-corrected chi connectivity index (χ0v) is 18.1. The van der Waals surface area contributed by atoms with Crippen molar-refractivity contribution < 1.29 is 4.79 Å². The van der Waals surface area contributed by atoms with Gasteiger partial charge in [-0.15, -0.1) is 0 Å². The summed E-state index contributed by atoms with van der Waals surface area (Å²) in [6.07, 6.45) is 3.20. The molecule has 1 fully saturated rings. The van der Waals surface area contributed by atoms with Crippen molar-refractivity contribution in [3.63, 3.8) is 0 Å². The number of aryl methyl sites for hydroxylation is 2. The number of nitrogens with one attached hydrogen (secondary N) is 1. The van der Waals surface area contributed by atoms with E-state index in [1.807, 2.05) is 6.07 Å². The molecule has 1 aromatic heterocycles. The standard InChI is InChI=1S/C28H28N2O/c1-19-10-12-21(13-11-19)17-30-18-26(23-8-3-4-9-27(23)30)24-15-25(24)28(31)29-16-22-7-5-6-20(2)14-22/h3-14,18,24-25H,15-17H2,1-2H3,(H,29,31)/t24-,25-/m0/s1. The first-order valence-electron chi connectivity index (χ1n) is 11.0. The smallest absolute Gasteiger partial charge is 0.224 e. The highest BCUT2D eigenvalue weighted by Crippen LogP contribution is 2.50. The van der Waals surface area contributed by atoms with E-state index in [1.54, 1.807) is 0 Å². The van der Waals surface area contributed by atoms with Gasteiger partial charge in [0.15, 0.2) is 0 Å². The number of benzene rings is 3. The van der Waals surface area contributed by atoms with Crippen molar-refractivity contribution >= 4 is 16.8 Å². The Morgan fingerprint density at radius 2 is 1.74 bits per heavy atom. The highest BCUT2D eigenvalue weighted by atomic mass is 16.2. The molecule has 2 atom stereocenters. The summed E-state index contributed by atoms with van der Waals surface area (Å²) in [4.78, 5) is 12.8. The molecule has 4 aromatic rings. The monoisotopic (exact) mass is 408 g/mol. The molecule has 1 saturated carbocycles. The third-order valence-electron chi connectivity index (χ3n) is 6.37. The van der Waals surface area contributed by atoms with Gasteiger partial charge < -0.3 is 9.88 Å². The third-order valence-corrected chi connectivity index (χ3v) is 6.37. The molecule has 0 unspecified atom stereocenters. The Hall–Kier alpha value is -3.33. The maximum absolute atomic E-state index is 12.8. The summed E-state index contributed by atoms with van der Waals surface area (Å²) < 4.78 is 2.33. The average Bonchev–Trinajstić information content (AvgIpc) is 3.50. The number of rotatable bonds is 6. The number of hydrogen-bond acceptors (Lipinski definition) is 1. The van der Waals surface area contributed by atoms with Gasteiger partial charge in [0.1, 0.15) is 0 Å². The highest BCUT2D eigenvalue weighted by molar-refractivity contribution is 5.89. The van der Waals surface area contributed by atoms with Crippen LogP contribution in [0, 0.1) is 19.8 Å². The minimum atomic E-state index is 0.0726. The van der Waals surface area contributed by atoms with Gasteiger partial charge in [-0.3, -0.25) is 4.79 Å². The summed E-state index contributed by atoms with van der Waals surface area (Å²) in [6, 6.07) is 25.6. The number of amides is 1.